The van der Waals surface area contributed by atoms with Gasteiger partial charge in [0.25, 0.3) is 0 Å². The maximum absolute atomic E-state index is 12.7. The monoisotopic (exact) mass is 787 g/mol. The molecule has 0 aliphatic carbocycles. The molecule has 56 heavy (non-hydrogen) atoms. The second-order valence-corrected chi connectivity index (χ2v) is 15.9. The van der Waals surface area contributed by atoms with Crippen molar-refractivity contribution < 1.29 is 38.2 Å². The van der Waals surface area contributed by atoms with Crippen molar-refractivity contribution in [1.82, 2.24) is 0 Å². The van der Waals surface area contributed by atoms with Crippen LogP contribution in [0.1, 0.15) is 174 Å². The van der Waals surface area contributed by atoms with Gasteiger partial charge in [-0.15, -0.1) is 0 Å². The van der Waals surface area contributed by atoms with Gasteiger partial charge in [-0.25, -0.2) is 4.79 Å². The second kappa shape index (κ2) is 38.9. The Morgan fingerprint density at radius 2 is 1.05 bits per heavy atom. The van der Waals surface area contributed by atoms with Crippen LogP contribution in [0.15, 0.2) is 60.8 Å². The Hall–Kier alpha value is -2.97. The summed E-state index contributed by atoms with van der Waals surface area (Å²) >= 11 is 0. The molecule has 0 saturated carbocycles. The van der Waals surface area contributed by atoms with Gasteiger partial charge in [-0.3, -0.25) is 9.59 Å². The highest BCUT2D eigenvalue weighted by Gasteiger charge is 2.31. The predicted octanol–water partition coefficient (Wildman–Crippen LogP) is 12.2. The molecule has 0 radical (unpaired) electrons. The van der Waals surface area contributed by atoms with Crippen LogP contribution in [0.2, 0.25) is 0 Å². The zero-order chi connectivity index (χ0) is 41.4. The molecule has 8 nitrogen and oxygen atoms in total. The fourth-order valence-corrected chi connectivity index (χ4v) is 6.24. The van der Waals surface area contributed by atoms with Crippen molar-refractivity contribution in [2.75, 3.05) is 41.0 Å². The number of carbonyl (C=O) groups is 3. The van der Waals surface area contributed by atoms with Crippen LogP contribution in [0, 0.1) is 0 Å². The molecule has 0 aromatic rings. The molecule has 0 aliphatic rings. The average molecular weight is 787 g/mol. The van der Waals surface area contributed by atoms with Gasteiger partial charge in [-0.2, -0.15) is 0 Å². The lowest BCUT2D eigenvalue weighted by molar-refractivity contribution is -0.887. The standard InChI is InChI=1S/C48H83NO7/c1-6-8-10-12-14-16-17-18-19-20-21-22-23-24-25-26-27-28-29-31-33-35-37-39-47(51)56-44(42-54-41-40-45(48(52)53)49(3,4)5)43-55-46(50)38-36-34-32-30-15-13-11-9-7-2/h9,11,15,21-22,24-25,30,34,36,44-45H,6-8,10,12-14,16-20,23,26-29,31-33,35,37-43H2,1-5H3/p+1/b11-9+,22-21+,25-24+,30-15+,36-34+. The number of rotatable bonds is 39. The topological polar surface area (TPSA) is 99.1 Å². The Balaban J connectivity index is 4.28. The number of aliphatic carboxylic acids is 1. The number of esters is 2. The van der Waals surface area contributed by atoms with Crippen molar-refractivity contribution >= 4 is 17.9 Å². The van der Waals surface area contributed by atoms with E-state index in [9.17, 15) is 19.5 Å². The Kier molecular flexibility index (Phi) is 36.8. The van der Waals surface area contributed by atoms with E-state index >= 15 is 0 Å². The van der Waals surface area contributed by atoms with Crippen LogP contribution in [0.25, 0.3) is 0 Å². The summed E-state index contributed by atoms with van der Waals surface area (Å²) < 4.78 is 17.1. The maximum Gasteiger partial charge on any atom is 0.362 e. The lowest BCUT2D eigenvalue weighted by atomic mass is 10.1. The molecule has 0 spiro atoms. The minimum absolute atomic E-state index is 0.0287. The van der Waals surface area contributed by atoms with Crippen LogP contribution >= 0.6 is 0 Å². The molecule has 0 rings (SSSR count). The average Bonchev–Trinajstić information content (AvgIpc) is 3.15. The molecule has 8 heteroatoms. The van der Waals surface area contributed by atoms with Gasteiger partial charge in [0.05, 0.1) is 40.8 Å². The molecule has 2 unspecified atom stereocenters. The zero-order valence-electron chi connectivity index (χ0n) is 36.6. The number of carbonyl (C=O) groups excluding carboxylic acids is 2. The highest BCUT2D eigenvalue weighted by atomic mass is 16.6. The fourth-order valence-electron chi connectivity index (χ4n) is 6.24. The summed E-state index contributed by atoms with van der Waals surface area (Å²) in [5.41, 5.74) is 0. The van der Waals surface area contributed by atoms with E-state index in [2.05, 4.69) is 62.5 Å². The number of hydrogen-bond donors (Lipinski definition) is 1. The number of quaternary nitrogens is 1. The lowest BCUT2D eigenvalue weighted by Gasteiger charge is -2.31. The van der Waals surface area contributed by atoms with Gasteiger partial charge in [0.2, 0.25) is 0 Å². The SMILES string of the molecule is CC/C=C/C/C=C/C/C=C/CC(=O)OCC(COCCC(C(=O)O)[N+](C)(C)C)OC(=O)CCCCCCCCC/C=C/C/C=C/CCCCCCCCCCC. The lowest BCUT2D eigenvalue weighted by Crippen LogP contribution is -2.50. The summed E-state index contributed by atoms with van der Waals surface area (Å²) in [7, 11) is 5.49. The minimum atomic E-state index is -0.889. The Morgan fingerprint density at radius 3 is 1.57 bits per heavy atom. The number of carboxylic acid groups (broad SMARTS) is 1. The molecule has 0 aromatic carbocycles. The van der Waals surface area contributed by atoms with Crippen molar-refractivity contribution in [2.24, 2.45) is 0 Å². The number of ether oxygens (including phenoxy) is 3. The number of hydrogen-bond acceptors (Lipinski definition) is 6. The third-order valence-electron chi connectivity index (χ3n) is 9.68. The normalized spacial score (nSPS) is 13.5. The Labute approximate surface area is 343 Å². The fraction of sp³-hybridized carbons (Fsp3) is 0.729. The van der Waals surface area contributed by atoms with Crippen LogP contribution < -0.4 is 0 Å². The number of carboxylic acids is 1. The summed E-state index contributed by atoms with van der Waals surface area (Å²) in [6.45, 7) is 4.49. The van der Waals surface area contributed by atoms with Gasteiger partial charge in [0.15, 0.2) is 12.1 Å². The van der Waals surface area contributed by atoms with Crippen molar-refractivity contribution in [1.29, 1.82) is 0 Å². The molecular weight excluding hydrogens is 703 g/mol. The van der Waals surface area contributed by atoms with Crippen LogP contribution in [0.5, 0.6) is 0 Å². The van der Waals surface area contributed by atoms with E-state index < -0.39 is 24.1 Å². The molecule has 0 fully saturated rings. The van der Waals surface area contributed by atoms with Crippen molar-refractivity contribution in [3.05, 3.63) is 60.8 Å². The quantitative estimate of drug-likeness (QED) is 0.0287. The molecule has 322 valence electrons. The van der Waals surface area contributed by atoms with Gasteiger partial charge in [-0.05, 0) is 57.8 Å². The number of unbranched alkanes of at least 4 members (excludes halogenated alkanes) is 16. The van der Waals surface area contributed by atoms with E-state index in [1.807, 2.05) is 27.2 Å². The van der Waals surface area contributed by atoms with Gasteiger partial charge >= 0.3 is 17.9 Å². The Morgan fingerprint density at radius 1 is 0.571 bits per heavy atom. The van der Waals surface area contributed by atoms with Crippen LogP contribution in [0.3, 0.4) is 0 Å². The van der Waals surface area contributed by atoms with E-state index in [4.69, 9.17) is 14.2 Å². The van der Waals surface area contributed by atoms with Crippen molar-refractivity contribution in [3.63, 3.8) is 0 Å². The van der Waals surface area contributed by atoms with E-state index in [-0.39, 0.29) is 36.7 Å². The summed E-state index contributed by atoms with van der Waals surface area (Å²) in [4.78, 5) is 36.8. The number of allylic oxidation sites excluding steroid dienone is 9. The molecule has 0 saturated heterocycles. The first kappa shape index (κ1) is 53.0. The molecule has 0 heterocycles. The van der Waals surface area contributed by atoms with Gasteiger partial charge < -0.3 is 23.8 Å². The molecule has 0 aromatic heterocycles. The summed E-state index contributed by atoms with van der Waals surface area (Å²) in [5, 5.41) is 9.60. The third kappa shape index (κ3) is 36.7. The van der Waals surface area contributed by atoms with E-state index in [1.165, 1.54) is 89.9 Å². The van der Waals surface area contributed by atoms with E-state index in [0.29, 0.717) is 12.8 Å². The molecule has 0 bridgehead atoms. The number of likely N-dealkylation sites (N-methyl/N-ethyl adjacent to an activating group) is 1. The molecule has 1 N–H and O–H groups in total. The van der Waals surface area contributed by atoms with E-state index in [1.54, 1.807) is 6.08 Å². The van der Waals surface area contributed by atoms with Gasteiger partial charge in [0, 0.05) is 12.8 Å². The highest BCUT2D eigenvalue weighted by molar-refractivity contribution is 5.72. The van der Waals surface area contributed by atoms with Crippen molar-refractivity contribution in [2.45, 2.75) is 187 Å². The second-order valence-electron chi connectivity index (χ2n) is 15.9. The molecule has 0 aliphatic heterocycles. The summed E-state index contributed by atoms with van der Waals surface area (Å²) in [5.74, 6) is -1.63. The first-order valence-electron chi connectivity index (χ1n) is 22.3. The molecule has 0 amide bonds. The van der Waals surface area contributed by atoms with Crippen LogP contribution in [-0.2, 0) is 28.6 Å². The summed E-state index contributed by atoms with van der Waals surface area (Å²) in [6, 6.07) is -0.628. The molecular formula is C48H84NO7+. The van der Waals surface area contributed by atoms with Gasteiger partial charge in [0.1, 0.15) is 6.61 Å². The van der Waals surface area contributed by atoms with Crippen molar-refractivity contribution in [3.8, 4) is 0 Å². The van der Waals surface area contributed by atoms with Crippen LogP contribution in [0.4, 0.5) is 0 Å². The largest absolute Gasteiger partial charge is 0.477 e. The minimum Gasteiger partial charge on any atom is -0.477 e. The number of nitrogens with zero attached hydrogens (tertiary/aromatic N) is 1. The smallest absolute Gasteiger partial charge is 0.362 e. The Bertz CT molecular complexity index is 1100. The first-order chi connectivity index (χ1) is 27.1. The maximum atomic E-state index is 12.7. The third-order valence-corrected chi connectivity index (χ3v) is 9.68. The summed E-state index contributed by atoms with van der Waals surface area (Å²) in [6.07, 6.45) is 47.5. The predicted molar refractivity (Wildman–Crippen MR) is 234 cm³/mol. The molecule has 2 atom stereocenters. The first-order valence-corrected chi connectivity index (χ1v) is 22.3. The van der Waals surface area contributed by atoms with Crippen LogP contribution in [-0.4, -0.2) is 80.6 Å². The van der Waals surface area contributed by atoms with Gasteiger partial charge in [-0.1, -0.05) is 158 Å². The highest BCUT2D eigenvalue weighted by Crippen LogP contribution is 2.14. The zero-order valence-corrected chi connectivity index (χ0v) is 36.6. The van der Waals surface area contributed by atoms with E-state index in [0.717, 1.165) is 51.4 Å².